The van der Waals surface area contributed by atoms with Gasteiger partial charge in [-0.25, -0.2) is 0 Å². The van der Waals surface area contributed by atoms with Crippen LogP contribution in [0.3, 0.4) is 0 Å². The van der Waals surface area contributed by atoms with E-state index in [0.717, 1.165) is 22.5 Å². The summed E-state index contributed by atoms with van der Waals surface area (Å²) in [6.45, 7) is 5.59. The Labute approximate surface area is 141 Å². The molecule has 0 aromatic heterocycles. The zero-order valence-electron chi connectivity index (χ0n) is 14.0. The van der Waals surface area contributed by atoms with Crippen LogP contribution in [-0.4, -0.2) is 17.7 Å². The van der Waals surface area contributed by atoms with Gasteiger partial charge in [0, 0.05) is 22.9 Å². The van der Waals surface area contributed by atoms with Gasteiger partial charge < -0.3 is 10.6 Å². The predicted molar refractivity (Wildman–Crippen MR) is 96.6 cm³/mol. The zero-order valence-corrected chi connectivity index (χ0v) is 14.0. The van der Waals surface area contributed by atoms with Gasteiger partial charge in [-0.05, 0) is 44.5 Å². The Hall–Kier alpha value is -2.88. The van der Waals surface area contributed by atoms with Crippen LogP contribution in [0, 0.1) is 0 Å². The highest BCUT2D eigenvalue weighted by Gasteiger charge is 2.29. The first-order chi connectivity index (χ1) is 11.5. The van der Waals surface area contributed by atoms with Gasteiger partial charge in [-0.1, -0.05) is 30.3 Å². The van der Waals surface area contributed by atoms with Gasteiger partial charge in [-0.3, -0.25) is 9.59 Å². The van der Waals surface area contributed by atoms with Crippen LogP contribution in [0.1, 0.15) is 42.3 Å². The highest BCUT2D eigenvalue weighted by atomic mass is 16.2. The van der Waals surface area contributed by atoms with Gasteiger partial charge in [0.05, 0.1) is 11.3 Å². The fourth-order valence-corrected chi connectivity index (χ4v) is 2.83. The number of nitrogens with one attached hydrogen (secondary N) is 2. The molecule has 0 aliphatic carbocycles. The maximum Gasteiger partial charge on any atom is 0.258 e. The number of rotatable bonds is 4. The summed E-state index contributed by atoms with van der Waals surface area (Å²) in [6.07, 6.45) is 0. The van der Waals surface area contributed by atoms with Gasteiger partial charge in [0.25, 0.3) is 5.91 Å². The van der Waals surface area contributed by atoms with Gasteiger partial charge in [0.15, 0.2) is 5.78 Å². The molecule has 2 aromatic rings. The summed E-state index contributed by atoms with van der Waals surface area (Å²) in [5.74, 6) is -0.174. The summed E-state index contributed by atoms with van der Waals surface area (Å²) in [7, 11) is 0. The Morgan fingerprint density at radius 1 is 1.04 bits per heavy atom. The summed E-state index contributed by atoms with van der Waals surface area (Å²) in [5, 5.41) is 6.28. The number of carbonyl (C=O) groups excluding carboxylic acids is 2. The number of hydrogen-bond acceptors (Lipinski definition) is 3. The predicted octanol–water partition coefficient (Wildman–Crippen LogP) is 3.71. The number of ketones is 1. The van der Waals surface area contributed by atoms with E-state index in [1.54, 1.807) is 18.2 Å². The smallest absolute Gasteiger partial charge is 0.258 e. The van der Waals surface area contributed by atoms with E-state index in [-0.39, 0.29) is 17.7 Å². The molecular formula is C20H20N2O2. The number of benzene rings is 2. The Morgan fingerprint density at radius 2 is 1.75 bits per heavy atom. The van der Waals surface area contributed by atoms with Gasteiger partial charge in [-0.2, -0.15) is 0 Å². The van der Waals surface area contributed by atoms with Gasteiger partial charge >= 0.3 is 0 Å². The largest absolute Gasteiger partial charge is 0.382 e. The van der Waals surface area contributed by atoms with E-state index in [4.69, 9.17) is 0 Å². The number of amides is 1. The summed E-state index contributed by atoms with van der Waals surface area (Å²) >= 11 is 0. The lowest BCUT2D eigenvalue weighted by Crippen LogP contribution is -2.23. The summed E-state index contributed by atoms with van der Waals surface area (Å²) in [5.41, 5.74) is 4.39. The normalized spacial score (nSPS) is 15.1. The second kappa shape index (κ2) is 6.32. The van der Waals surface area contributed by atoms with E-state index in [1.807, 2.05) is 44.2 Å². The molecule has 1 heterocycles. The maximum atomic E-state index is 12.6. The minimum atomic E-state index is -0.155. The molecule has 0 unspecified atom stereocenters. The Kier molecular flexibility index (Phi) is 4.21. The van der Waals surface area contributed by atoms with Crippen LogP contribution in [0.2, 0.25) is 0 Å². The minimum Gasteiger partial charge on any atom is -0.382 e. The van der Waals surface area contributed by atoms with E-state index < -0.39 is 0 Å². The van der Waals surface area contributed by atoms with Crippen molar-refractivity contribution in [3.8, 4) is 0 Å². The molecule has 1 aliphatic rings. The quantitative estimate of drug-likeness (QED) is 0.667. The first-order valence-electron chi connectivity index (χ1n) is 8.00. The van der Waals surface area contributed by atoms with Crippen molar-refractivity contribution in [3.63, 3.8) is 0 Å². The molecule has 3 rings (SSSR count). The monoisotopic (exact) mass is 320 g/mol. The Bertz CT molecular complexity index is 836. The van der Waals surface area contributed by atoms with Crippen molar-refractivity contribution in [2.24, 2.45) is 0 Å². The highest BCUT2D eigenvalue weighted by molar-refractivity contribution is 6.36. The lowest BCUT2D eigenvalue weighted by Gasteiger charge is -2.17. The van der Waals surface area contributed by atoms with Gasteiger partial charge in [0.2, 0.25) is 0 Å². The van der Waals surface area contributed by atoms with Gasteiger partial charge in [0.1, 0.15) is 0 Å². The second-order valence-corrected chi connectivity index (χ2v) is 6.19. The van der Waals surface area contributed by atoms with E-state index in [2.05, 4.69) is 10.6 Å². The van der Waals surface area contributed by atoms with Crippen molar-refractivity contribution < 1.29 is 9.59 Å². The molecule has 1 amide bonds. The van der Waals surface area contributed by atoms with Crippen LogP contribution in [0.15, 0.2) is 48.5 Å². The molecule has 2 aromatic carbocycles. The van der Waals surface area contributed by atoms with Crippen LogP contribution in [-0.2, 0) is 4.79 Å². The average molecular weight is 320 g/mol. The highest BCUT2D eigenvalue weighted by Crippen LogP contribution is 2.37. The number of carbonyl (C=O) groups is 2. The fraction of sp³-hybridized carbons (Fsp3) is 0.200. The molecule has 24 heavy (non-hydrogen) atoms. The van der Waals surface area contributed by atoms with Crippen molar-refractivity contribution in [2.75, 3.05) is 5.32 Å². The first kappa shape index (κ1) is 16.0. The lowest BCUT2D eigenvalue weighted by molar-refractivity contribution is -0.110. The number of anilines is 1. The standard InChI is InChI=1S/C20H20N2O2/c1-12(2)21-19(14-7-5-4-6-8-14)18-16-11-15(13(3)23)9-10-17(16)22-20(18)24/h4-12,21H,1-3H3,(H,22,24)/b19-18+. The van der Waals surface area contributed by atoms with Crippen LogP contribution in [0.4, 0.5) is 5.69 Å². The van der Waals surface area contributed by atoms with Crippen molar-refractivity contribution in [3.05, 3.63) is 65.2 Å². The van der Waals surface area contributed by atoms with Crippen molar-refractivity contribution in [1.29, 1.82) is 0 Å². The molecule has 0 fully saturated rings. The van der Waals surface area contributed by atoms with Crippen molar-refractivity contribution in [1.82, 2.24) is 5.32 Å². The van der Waals surface area contributed by atoms with E-state index >= 15 is 0 Å². The van der Waals surface area contributed by atoms with Crippen LogP contribution < -0.4 is 10.6 Å². The molecule has 2 N–H and O–H groups in total. The molecule has 0 bridgehead atoms. The Balaban J connectivity index is 2.24. The molecule has 0 saturated heterocycles. The Morgan fingerprint density at radius 3 is 2.38 bits per heavy atom. The lowest BCUT2D eigenvalue weighted by atomic mass is 9.97. The molecule has 0 atom stereocenters. The molecular weight excluding hydrogens is 300 g/mol. The van der Waals surface area contributed by atoms with Crippen molar-refractivity contribution >= 4 is 28.6 Å². The van der Waals surface area contributed by atoms with E-state index in [1.165, 1.54) is 6.92 Å². The SMILES string of the molecule is CC(=O)c1ccc2c(c1)/C(=C(\NC(C)C)c1ccccc1)C(=O)N2. The molecule has 0 spiro atoms. The average Bonchev–Trinajstić information content (AvgIpc) is 2.88. The first-order valence-corrected chi connectivity index (χ1v) is 8.00. The molecule has 122 valence electrons. The third-order valence-corrected chi connectivity index (χ3v) is 3.92. The molecule has 4 nitrogen and oxygen atoms in total. The molecule has 1 aliphatic heterocycles. The zero-order chi connectivity index (χ0) is 17.3. The van der Waals surface area contributed by atoms with Gasteiger partial charge in [-0.15, -0.1) is 0 Å². The topological polar surface area (TPSA) is 58.2 Å². The van der Waals surface area contributed by atoms with Crippen LogP contribution in [0.5, 0.6) is 0 Å². The summed E-state index contributed by atoms with van der Waals surface area (Å²) < 4.78 is 0. The maximum absolute atomic E-state index is 12.6. The molecule has 4 heteroatoms. The van der Waals surface area contributed by atoms with E-state index in [0.29, 0.717) is 11.1 Å². The minimum absolute atomic E-state index is 0.0189. The number of hydrogen-bond donors (Lipinski definition) is 2. The number of Topliss-reactive ketones (excluding diaryl/α,β-unsaturated/α-hetero) is 1. The number of fused-ring (bicyclic) bond motifs is 1. The van der Waals surface area contributed by atoms with Crippen LogP contribution >= 0.6 is 0 Å². The third kappa shape index (κ3) is 2.95. The summed E-state index contributed by atoms with van der Waals surface area (Å²) in [4.78, 5) is 24.3. The molecule has 0 radical (unpaired) electrons. The third-order valence-electron chi connectivity index (χ3n) is 3.92. The summed E-state index contributed by atoms with van der Waals surface area (Å²) in [6, 6.07) is 15.2. The van der Waals surface area contributed by atoms with Crippen molar-refractivity contribution in [2.45, 2.75) is 26.8 Å². The van der Waals surface area contributed by atoms with Crippen LogP contribution in [0.25, 0.3) is 11.3 Å². The fourth-order valence-electron chi connectivity index (χ4n) is 2.83. The molecule has 0 saturated carbocycles. The van der Waals surface area contributed by atoms with E-state index in [9.17, 15) is 9.59 Å². The second-order valence-electron chi connectivity index (χ2n) is 6.19.